The van der Waals surface area contributed by atoms with Gasteiger partial charge in [0.1, 0.15) is 11.9 Å². The van der Waals surface area contributed by atoms with Gasteiger partial charge in [0.15, 0.2) is 0 Å². The van der Waals surface area contributed by atoms with Crippen LogP contribution in [-0.4, -0.2) is 90.1 Å². The number of hydrogen-bond acceptors (Lipinski definition) is 10. The smallest absolute Gasteiger partial charge is 0.250 e. The van der Waals surface area contributed by atoms with E-state index in [0.29, 0.717) is 17.5 Å². The average molecular weight is 499 g/mol. The van der Waals surface area contributed by atoms with Crippen molar-refractivity contribution in [3.8, 4) is 6.07 Å². The standard InChI is InChI=1S/C26H30N10O/c1-4-23(37)34(3)20-5-6-21-22(13-20)31-26(35-11-9-33(2)10-12-35)32-24(21)36-8-7-19(17-36)30-25-28-15-18(14-27)16-29-25/h4-6,13,15-16,19H,1,7-12,17H2,2-3H3,(H,28,29,30). The number of rotatable bonds is 6. The van der Waals surface area contributed by atoms with Gasteiger partial charge in [-0.05, 0) is 37.7 Å². The molecular weight excluding hydrogens is 468 g/mol. The lowest BCUT2D eigenvalue weighted by Crippen LogP contribution is -2.45. The Labute approximate surface area is 216 Å². The first kappa shape index (κ1) is 24.4. The van der Waals surface area contributed by atoms with Crippen molar-refractivity contribution in [2.75, 3.05) is 73.4 Å². The molecule has 0 aliphatic carbocycles. The van der Waals surface area contributed by atoms with Crippen LogP contribution < -0.4 is 20.0 Å². The van der Waals surface area contributed by atoms with Gasteiger partial charge in [0, 0.05) is 63.4 Å². The summed E-state index contributed by atoms with van der Waals surface area (Å²) in [6, 6.07) is 8.03. The molecule has 1 atom stereocenters. The molecule has 0 radical (unpaired) electrons. The van der Waals surface area contributed by atoms with E-state index in [1.54, 1.807) is 11.9 Å². The maximum atomic E-state index is 12.2. The highest BCUT2D eigenvalue weighted by atomic mass is 16.2. The number of carbonyl (C=O) groups excluding carboxylic acids is 1. The largest absolute Gasteiger partial charge is 0.354 e. The zero-order valence-corrected chi connectivity index (χ0v) is 21.1. The monoisotopic (exact) mass is 498 g/mol. The summed E-state index contributed by atoms with van der Waals surface area (Å²) in [5, 5.41) is 13.3. The molecule has 0 saturated carbocycles. The summed E-state index contributed by atoms with van der Waals surface area (Å²) in [6.45, 7) is 8.77. The van der Waals surface area contributed by atoms with Gasteiger partial charge < -0.3 is 24.9 Å². The molecule has 1 amide bonds. The number of hydrogen-bond donors (Lipinski definition) is 1. The van der Waals surface area contributed by atoms with Crippen molar-refractivity contribution in [2.45, 2.75) is 12.5 Å². The Morgan fingerprint density at radius 1 is 1.16 bits per heavy atom. The van der Waals surface area contributed by atoms with Gasteiger partial charge in [0.25, 0.3) is 0 Å². The highest BCUT2D eigenvalue weighted by Gasteiger charge is 2.27. The fourth-order valence-electron chi connectivity index (χ4n) is 4.66. The predicted molar refractivity (Wildman–Crippen MR) is 144 cm³/mol. The molecule has 0 bridgehead atoms. The first-order chi connectivity index (χ1) is 17.9. The molecule has 2 aliphatic rings. The van der Waals surface area contributed by atoms with E-state index >= 15 is 0 Å². The third-order valence-electron chi connectivity index (χ3n) is 6.93. The van der Waals surface area contributed by atoms with E-state index < -0.39 is 0 Å². The van der Waals surface area contributed by atoms with Crippen LogP contribution in [0.2, 0.25) is 0 Å². The Hall–Kier alpha value is -4.30. The minimum Gasteiger partial charge on any atom is -0.354 e. The van der Waals surface area contributed by atoms with E-state index in [1.807, 2.05) is 24.3 Å². The number of nitriles is 1. The van der Waals surface area contributed by atoms with Gasteiger partial charge in [-0.1, -0.05) is 6.58 Å². The molecule has 11 nitrogen and oxygen atoms in total. The highest BCUT2D eigenvalue weighted by Crippen LogP contribution is 2.32. The lowest BCUT2D eigenvalue weighted by atomic mass is 10.2. The summed E-state index contributed by atoms with van der Waals surface area (Å²) in [6.07, 6.45) is 5.25. The van der Waals surface area contributed by atoms with Gasteiger partial charge in [-0.3, -0.25) is 4.79 Å². The Morgan fingerprint density at radius 3 is 2.62 bits per heavy atom. The molecule has 1 N–H and O–H groups in total. The predicted octanol–water partition coefficient (Wildman–Crippen LogP) is 1.88. The topological polar surface area (TPSA) is 117 Å². The zero-order chi connectivity index (χ0) is 25.9. The number of amides is 1. The third kappa shape index (κ3) is 5.15. The van der Waals surface area contributed by atoms with E-state index in [9.17, 15) is 4.79 Å². The summed E-state index contributed by atoms with van der Waals surface area (Å²) in [5.41, 5.74) is 1.99. The molecule has 37 heavy (non-hydrogen) atoms. The molecule has 2 fully saturated rings. The van der Waals surface area contributed by atoms with Crippen LogP contribution in [0.4, 0.5) is 23.4 Å². The van der Waals surface area contributed by atoms with Crippen molar-refractivity contribution in [1.82, 2.24) is 24.8 Å². The lowest BCUT2D eigenvalue weighted by Gasteiger charge is -2.33. The van der Waals surface area contributed by atoms with Crippen LogP contribution >= 0.6 is 0 Å². The number of likely N-dealkylation sites (N-methyl/N-ethyl adjacent to an activating group) is 2. The average Bonchev–Trinajstić information content (AvgIpc) is 3.40. The van der Waals surface area contributed by atoms with Crippen molar-refractivity contribution in [3.05, 3.63) is 48.8 Å². The van der Waals surface area contributed by atoms with Crippen LogP contribution in [0.3, 0.4) is 0 Å². The van der Waals surface area contributed by atoms with Crippen molar-refractivity contribution < 1.29 is 4.79 Å². The van der Waals surface area contributed by atoms with Crippen LogP contribution in [0.5, 0.6) is 0 Å². The maximum Gasteiger partial charge on any atom is 0.250 e. The van der Waals surface area contributed by atoms with Gasteiger partial charge in [-0.15, -0.1) is 0 Å². The molecule has 4 heterocycles. The highest BCUT2D eigenvalue weighted by molar-refractivity contribution is 6.02. The van der Waals surface area contributed by atoms with Gasteiger partial charge in [-0.25, -0.2) is 15.0 Å². The van der Waals surface area contributed by atoms with E-state index in [2.05, 4.69) is 43.6 Å². The van der Waals surface area contributed by atoms with Gasteiger partial charge in [0.05, 0.1) is 23.5 Å². The first-order valence-electron chi connectivity index (χ1n) is 12.3. The Morgan fingerprint density at radius 2 is 1.92 bits per heavy atom. The molecule has 5 rings (SSSR count). The molecule has 2 saturated heterocycles. The molecule has 2 aromatic heterocycles. The summed E-state index contributed by atoms with van der Waals surface area (Å²) in [5.74, 6) is 1.92. The second kappa shape index (κ2) is 10.4. The number of benzene rings is 1. The Bertz CT molecular complexity index is 1340. The molecule has 0 spiro atoms. The van der Waals surface area contributed by atoms with Crippen LogP contribution in [0.1, 0.15) is 12.0 Å². The summed E-state index contributed by atoms with van der Waals surface area (Å²) < 4.78 is 0. The Kier molecular flexibility index (Phi) is 6.83. The lowest BCUT2D eigenvalue weighted by molar-refractivity contribution is -0.113. The molecule has 190 valence electrons. The van der Waals surface area contributed by atoms with Gasteiger partial charge in [0.2, 0.25) is 17.8 Å². The Balaban J connectivity index is 1.45. The molecule has 11 heteroatoms. The number of anilines is 4. The normalized spacial score (nSPS) is 18.0. The van der Waals surface area contributed by atoms with Crippen molar-refractivity contribution in [2.24, 2.45) is 0 Å². The zero-order valence-electron chi connectivity index (χ0n) is 21.1. The van der Waals surface area contributed by atoms with E-state index in [-0.39, 0.29) is 11.9 Å². The maximum absolute atomic E-state index is 12.2. The molecule has 3 aromatic rings. The first-order valence-corrected chi connectivity index (χ1v) is 12.3. The fraction of sp³-hybridized carbons (Fsp3) is 0.385. The number of nitrogens with zero attached hydrogens (tertiary/aromatic N) is 9. The quantitative estimate of drug-likeness (QED) is 0.505. The van der Waals surface area contributed by atoms with Crippen LogP contribution in [0.25, 0.3) is 10.9 Å². The summed E-state index contributed by atoms with van der Waals surface area (Å²) >= 11 is 0. The SMILES string of the molecule is C=CC(=O)N(C)c1ccc2c(N3CCC(Nc4ncc(C#N)cn4)C3)nc(N3CCN(C)CC3)nc2c1. The van der Waals surface area contributed by atoms with Crippen LogP contribution in [0, 0.1) is 11.3 Å². The van der Waals surface area contributed by atoms with Crippen molar-refractivity contribution in [3.63, 3.8) is 0 Å². The van der Waals surface area contributed by atoms with Gasteiger partial charge >= 0.3 is 0 Å². The minimum atomic E-state index is -0.175. The fourth-order valence-corrected chi connectivity index (χ4v) is 4.66. The summed E-state index contributed by atoms with van der Waals surface area (Å²) in [7, 11) is 3.86. The third-order valence-corrected chi connectivity index (χ3v) is 6.93. The number of aromatic nitrogens is 4. The van der Waals surface area contributed by atoms with E-state index in [1.165, 1.54) is 18.5 Å². The number of nitrogens with one attached hydrogen (secondary N) is 1. The summed E-state index contributed by atoms with van der Waals surface area (Å²) in [4.78, 5) is 39.1. The number of fused-ring (bicyclic) bond motifs is 1. The molecule has 1 aromatic carbocycles. The molecule has 1 unspecified atom stereocenters. The second-order valence-electron chi connectivity index (χ2n) is 9.42. The van der Waals surface area contributed by atoms with E-state index in [0.717, 1.165) is 68.1 Å². The number of carbonyl (C=O) groups is 1. The second-order valence-corrected chi connectivity index (χ2v) is 9.42. The molecule has 2 aliphatic heterocycles. The van der Waals surface area contributed by atoms with E-state index in [4.69, 9.17) is 15.2 Å². The van der Waals surface area contributed by atoms with Crippen LogP contribution in [0.15, 0.2) is 43.2 Å². The van der Waals surface area contributed by atoms with Crippen molar-refractivity contribution in [1.29, 1.82) is 5.26 Å². The van der Waals surface area contributed by atoms with Gasteiger partial charge in [-0.2, -0.15) is 10.2 Å². The van der Waals surface area contributed by atoms with Crippen LogP contribution in [-0.2, 0) is 4.79 Å². The number of piperazine rings is 1. The molecular formula is C26H30N10O. The minimum absolute atomic E-state index is 0.139. The van der Waals surface area contributed by atoms with Crippen molar-refractivity contribution >= 4 is 40.2 Å².